The maximum absolute atomic E-state index is 11.4. The monoisotopic (exact) mass is 329 g/mol. The third-order valence-electron chi connectivity index (χ3n) is 4.23. The number of aromatic nitrogens is 1. The first kappa shape index (κ1) is 15.1. The van der Waals surface area contributed by atoms with Gasteiger partial charge < -0.3 is 9.52 Å². The van der Waals surface area contributed by atoms with Crippen LogP contribution in [-0.4, -0.2) is 16.1 Å². The zero-order valence-electron chi connectivity index (χ0n) is 13.6. The topological polar surface area (TPSA) is 63.3 Å². The summed E-state index contributed by atoms with van der Waals surface area (Å²) in [4.78, 5) is 16.0. The molecule has 25 heavy (non-hydrogen) atoms. The third-order valence-corrected chi connectivity index (χ3v) is 4.23. The smallest absolute Gasteiger partial charge is 0.335 e. The van der Waals surface area contributed by atoms with Crippen LogP contribution in [0.25, 0.3) is 33.7 Å². The van der Waals surface area contributed by atoms with Crippen LogP contribution < -0.4 is 0 Å². The van der Waals surface area contributed by atoms with Gasteiger partial charge in [-0.25, -0.2) is 9.78 Å². The molecule has 0 aliphatic heterocycles. The predicted molar refractivity (Wildman–Crippen MR) is 96.6 cm³/mol. The third kappa shape index (κ3) is 2.68. The molecular formula is C21H15NO3. The lowest BCUT2D eigenvalue weighted by Gasteiger charge is -2.11. The number of carbonyl (C=O) groups is 1. The quantitative estimate of drug-likeness (QED) is 0.563. The summed E-state index contributed by atoms with van der Waals surface area (Å²) in [5.74, 6) is -0.477. The van der Waals surface area contributed by atoms with Crippen molar-refractivity contribution in [3.8, 4) is 22.6 Å². The summed E-state index contributed by atoms with van der Waals surface area (Å²) in [6, 6.07) is 20.4. The fourth-order valence-corrected chi connectivity index (χ4v) is 2.95. The van der Waals surface area contributed by atoms with Gasteiger partial charge in [0.2, 0.25) is 5.89 Å². The highest BCUT2D eigenvalue weighted by atomic mass is 16.4. The molecule has 0 atom stereocenters. The second kappa shape index (κ2) is 5.91. The van der Waals surface area contributed by atoms with E-state index in [9.17, 15) is 9.90 Å². The van der Waals surface area contributed by atoms with Crippen LogP contribution in [0.2, 0.25) is 0 Å². The van der Waals surface area contributed by atoms with E-state index in [-0.39, 0.29) is 5.56 Å². The van der Waals surface area contributed by atoms with Crippen LogP contribution in [0.4, 0.5) is 0 Å². The van der Waals surface area contributed by atoms with Gasteiger partial charge in [-0.3, -0.25) is 0 Å². The van der Waals surface area contributed by atoms with Gasteiger partial charge >= 0.3 is 5.97 Å². The van der Waals surface area contributed by atoms with Crippen molar-refractivity contribution in [2.45, 2.75) is 6.92 Å². The van der Waals surface area contributed by atoms with Gasteiger partial charge in [0.1, 0.15) is 5.52 Å². The van der Waals surface area contributed by atoms with Crippen LogP contribution >= 0.6 is 0 Å². The fourth-order valence-electron chi connectivity index (χ4n) is 2.95. The number of carboxylic acids is 1. The first-order valence-corrected chi connectivity index (χ1v) is 7.93. The average Bonchev–Trinajstić information content (AvgIpc) is 3.05. The molecule has 3 aromatic carbocycles. The fraction of sp³-hybridized carbons (Fsp3) is 0.0476. The molecule has 0 aliphatic carbocycles. The Labute approximate surface area is 144 Å². The maximum atomic E-state index is 11.4. The van der Waals surface area contributed by atoms with E-state index >= 15 is 0 Å². The normalized spacial score (nSPS) is 10.9. The lowest BCUT2D eigenvalue weighted by molar-refractivity contribution is 0.0697. The van der Waals surface area contributed by atoms with Crippen LogP contribution in [0, 0.1) is 6.92 Å². The summed E-state index contributed by atoms with van der Waals surface area (Å²) in [5, 5.41) is 9.36. The second-order valence-corrected chi connectivity index (χ2v) is 5.87. The SMILES string of the molecule is Cc1ccccc1-c1cc(C(=O)O)ccc1-c1nc2ccccc2o1. The van der Waals surface area contributed by atoms with E-state index in [2.05, 4.69) is 4.98 Å². The lowest BCUT2D eigenvalue weighted by Crippen LogP contribution is -1.98. The zero-order valence-corrected chi connectivity index (χ0v) is 13.6. The second-order valence-electron chi connectivity index (χ2n) is 5.87. The van der Waals surface area contributed by atoms with Crippen molar-refractivity contribution in [3.05, 3.63) is 77.9 Å². The molecule has 1 N–H and O–H groups in total. The Morgan fingerprint density at radius 1 is 0.920 bits per heavy atom. The highest BCUT2D eigenvalue weighted by molar-refractivity contribution is 5.93. The van der Waals surface area contributed by atoms with E-state index in [1.54, 1.807) is 18.2 Å². The molecule has 0 saturated carbocycles. The van der Waals surface area contributed by atoms with Gasteiger partial charge in [-0.2, -0.15) is 0 Å². The maximum Gasteiger partial charge on any atom is 0.335 e. The molecule has 0 bridgehead atoms. The van der Waals surface area contributed by atoms with Gasteiger partial charge in [-0.05, 0) is 53.9 Å². The highest BCUT2D eigenvalue weighted by Gasteiger charge is 2.17. The molecule has 4 aromatic rings. The number of rotatable bonds is 3. The van der Waals surface area contributed by atoms with E-state index in [0.29, 0.717) is 11.5 Å². The van der Waals surface area contributed by atoms with Crippen LogP contribution in [0.1, 0.15) is 15.9 Å². The molecule has 0 unspecified atom stereocenters. The first-order valence-electron chi connectivity index (χ1n) is 7.93. The summed E-state index contributed by atoms with van der Waals surface area (Å²) >= 11 is 0. The molecule has 1 heterocycles. The number of carboxylic acid groups (broad SMARTS) is 1. The molecular weight excluding hydrogens is 314 g/mol. The van der Waals surface area contributed by atoms with Crippen LogP contribution in [0.3, 0.4) is 0 Å². The summed E-state index contributed by atoms with van der Waals surface area (Å²) < 4.78 is 5.90. The minimum atomic E-state index is -0.959. The number of hydrogen-bond donors (Lipinski definition) is 1. The van der Waals surface area contributed by atoms with E-state index in [4.69, 9.17) is 4.42 Å². The minimum Gasteiger partial charge on any atom is -0.478 e. The van der Waals surface area contributed by atoms with Gasteiger partial charge in [-0.1, -0.05) is 36.4 Å². The van der Waals surface area contributed by atoms with Crippen molar-refractivity contribution in [2.24, 2.45) is 0 Å². The summed E-state index contributed by atoms with van der Waals surface area (Å²) in [5.41, 5.74) is 5.30. The van der Waals surface area contributed by atoms with Crippen molar-refractivity contribution < 1.29 is 14.3 Å². The number of hydrogen-bond acceptors (Lipinski definition) is 3. The highest BCUT2D eigenvalue weighted by Crippen LogP contribution is 2.35. The van der Waals surface area contributed by atoms with Gasteiger partial charge in [0.25, 0.3) is 0 Å². The molecule has 0 fully saturated rings. The van der Waals surface area contributed by atoms with Crippen molar-refractivity contribution in [3.63, 3.8) is 0 Å². The molecule has 0 aliphatic rings. The number of aryl methyl sites for hydroxylation is 1. The number of fused-ring (bicyclic) bond motifs is 1. The summed E-state index contributed by atoms with van der Waals surface area (Å²) in [6.07, 6.45) is 0. The Hall–Kier alpha value is -3.40. The van der Waals surface area contributed by atoms with Crippen LogP contribution in [-0.2, 0) is 0 Å². The molecule has 4 heteroatoms. The molecule has 0 radical (unpaired) electrons. The van der Waals surface area contributed by atoms with Gasteiger partial charge in [-0.15, -0.1) is 0 Å². The number of aromatic carboxylic acids is 1. The Balaban J connectivity index is 1.98. The largest absolute Gasteiger partial charge is 0.478 e. The molecule has 0 spiro atoms. The Morgan fingerprint density at radius 3 is 2.44 bits per heavy atom. The number of para-hydroxylation sites is 2. The number of oxazole rings is 1. The van der Waals surface area contributed by atoms with E-state index in [1.165, 1.54) is 0 Å². The Morgan fingerprint density at radius 2 is 1.68 bits per heavy atom. The van der Waals surface area contributed by atoms with E-state index in [1.807, 2.05) is 55.5 Å². The zero-order chi connectivity index (χ0) is 17.4. The Bertz CT molecular complexity index is 1060. The summed E-state index contributed by atoms with van der Waals surface area (Å²) in [7, 11) is 0. The predicted octanol–water partition coefficient (Wildman–Crippen LogP) is 5.17. The minimum absolute atomic E-state index is 0.234. The molecule has 0 saturated heterocycles. The molecule has 4 nitrogen and oxygen atoms in total. The molecule has 4 rings (SSSR count). The van der Waals surface area contributed by atoms with Crippen molar-refractivity contribution >= 4 is 17.1 Å². The van der Waals surface area contributed by atoms with Crippen molar-refractivity contribution in [1.29, 1.82) is 0 Å². The molecule has 1 aromatic heterocycles. The molecule has 0 amide bonds. The standard InChI is InChI=1S/C21H15NO3/c1-13-6-2-3-7-15(13)17-12-14(21(23)24)10-11-16(17)20-22-18-8-4-5-9-19(18)25-20/h2-12H,1H3,(H,23,24). The average molecular weight is 329 g/mol. The summed E-state index contributed by atoms with van der Waals surface area (Å²) in [6.45, 7) is 2.00. The molecule has 122 valence electrons. The number of benzene rings is 3. The van der Waals surface area contributed by atoms with Crippen molar-refractivity contribution in [2.75, 3.05) is 0 Å². The lowest BCUT2D eigenvalue weighted by atomic mass is 9.94. The first-order chi connectivity index (χ1) is 12.1. The van der Waals surface area contributed by atoms with Gasteiger partial charge in [0, 0.05) is 5.56 Å². The van der Waals surface area contributed by atoms with Crippen molar-refractivity contribution in [1.82, 2.24) is 4.98 Å². The van der Waals surface area contributed by atoms with E-state index in [0.717, 1.165) is 27.8 Å². The van der Waals surface area contributed by atoms with Crippen LogP contribution in [0.5, 0.6) is 0 Å². The van der Waals surface area contributed by atoms with Gasteiger partial charge in [0.05, 0.1) is 5.56 Å². The Kier molecular flexibility index (Phi) is 3.58. The van der Waals surface area contributed by atoms with Gasteiger partial charge in [0.15, 0.2) is 5.58 Å². The van der Waals surface area contributed by atoms with Crippen LogP contribution in [0.15, 0.2) is 71.1 Å². The van der Waals surface area contributed by atoms with E-state index < -0.39 is 5.97 Å². The number of nitrogens with zero attached hydrogens (tertiary/aromatic N) is 1.